The van der Waals surface area contributed by atoms with Crippen molar-refractivity contribution in [3.63, 3.8) is 0 Å². The Labute approximate surface area is 156 Å². The van der Waals surface area contributed by atoms with Crippen molar-refractivity contribution >= 4 is 29.1 Å². The Morgan fingerprint density at radius 1 is 1.27 bits per heavy atom. The fourth-order valence-corrected chi connectivity index (χ4v) is 2.63. The van der Waals surface area contributed by atoms with Gasteiger partial charge < -0.3 is 14.5 Å². The lowest BCUT2D eigenvalue weighted by Gasteiger charge is -2.07. The molecule has 0 spiro atoms. The molecule has 2 rings (SSSR count). The van der Waals surface area contributed by atoms with Crippen LogP contribution in [0.15, 0.2) is 35.5 Å². The summed E-state index contributed by atoms with van der Waals surface area (Å²) in [5.41, 5.74) is 0.461. The molecule has 0 radical (unpaired) electrons. The Morgan fingerprint density at radius 3 is 2.62 bits per heavy atom. The number of thiazole rings is 1. The predicted octanol–water partition coefficient (Wildman–Crippen LogP) is 3.86. The average Bonchev–Trinajstić information content (AvgIpc) is 2.93. The predicted molar refractivity (Wildman–Crippen MR) is 102 cm³/mol. The highest BCUT2D eigenvalue weighted by molar-refractivity contribution is 7.14. The number of nitrogens with zero attached hydrogens (tertiary/aromatic N) is 4. The molecule has 1 aromatic heterocycles. The maximum atomic E-state index is 14.3. The molecule has 8 heteroatoms. The molecule has 0 saturated heterocycles. The van der Waals surface area contributed by atoms with Crippen molar-refractivity contribution in [3.8, 4) is 11.6 Å². The van der Waals surface area contributed by atoms with E-state index in [2.05, 4.69) is 9.98 Å². The third-order valence-electron chi connectivity index (χ3n) is 3.01. The van der Waals surface area contributed by atoms with Crippen molar-refractivity contribution in [3.05, 3.63) is 46.2 Å². The fraction of sp³-hybridized carbons (Fsp3) is 0.278. The molecule has 6 nitrogen and oxygen atoms in total. The number of aliphatic imine (C=N–C) groups is 1. The van der Waals surface area contributed by atoms with Gasteiger partial charge in [-0.1, -0.05) is 0 Å². The minimum absolute atomic E-state index is 0.00950. The molecule has 2 aromatic rings. The maximum Gasteiger partial charge on any atom is 0.241 e. The van der Waals surface area contributed by atoms with Crippen LogP contribution in [-0.4, -0.2) is 55.1 Å². The lowest BCUT2D eigenvalue weighted by molar-refractivity contribution is 0.104. The number of carbonyl (C=O) groups is 1. The number of aryl methyl sites for hydroxylation is 1. The van der Waals surface area contributed by atoms with Gasteiger partial charge >= 0.3 is 0 Å². The molecular formula is C18H21FN4O2S. The second kappa shape index (κ2) is 8.57. The summed E-state index contributed by atoms with van der Waals surface area (Å²) in [5, 5.41) is 0.661. The van der Waals surface area contributed by atoms with Crippen LogP contribution in [0.1, 0.15) is 14.7 Å². The van der Waals surface area contributed by atoms with Gasteiger partial charge in [0.25, 0.3) is 0 Å². The summed E-state index contributed by atoms with van der Waals surface area (Å²) in [6.45, 7) is 1.76. The number of halogens is 1. The molecule has 0 bridgehead atoms. The number of hydrogen-bond donors (Lipinski definition) is 0. The summed E-state index contributed by atoms with van der Waals surface area (Å²) >= 11 is 1.21. The number of allylic oxidation sites excluding steroid dienone is 1. The molecule has 0 fully saturated rings. The summed E-state index contributed by atoms with van der Waals surface area (Å²) in [4.78, 5) is 24.5. The number of benzene rings is 1. The molecule has 0 saturated carbocycles. The zero-order valence-corrected chi connectivity index (χ0v) is 16.2. The van der Waals surface area contributed by atoms with E-state index >= 15 is 0 Å². The van der Waals surface area contributed by atoms with Gasteiger partial charge in [0, 0.05) is 46.5 Å². The van der Waals surface area contributed by atoms with E-state index in [1.165, 1.54) is 29.5 Å². The normalized spacial score (nSPS) is 11.3. The summed E-state index contributed by atoms with van der Waals surface area (Å²) < 4.78 is 19.9. The van der Waals surface area contributed by atoms with E-state index in [0.29, 0.717) is 15.6 Å². The van der Waals surface area contributed by atoms with E-state index in [-0.39, 0.29) is 17.4 Å². The van der Waals surface area contributed by atoms with E-state index in [1.54, 1.807) is 35.3 Å². The van der Waals surface area contributed by atoms with Gasteiger partial charge in [-0.2, -0.15) is 0 Å². The largest absolute Gasteiger partial charge is 0.434 e. The van der Waals surface area contributed by atoms with Gasteiger partial charge in [-0.25, -0.2) is 14.4 Å². The molecular weight excluding hydrogens is 355 g/mol. The van der Waals surface area contributed by atoms with E-state index < -0.39 is 5.82 Å². The number of carbonyl (C=O) groups excluding carboxylic acids is 1. The van der Waals surface area contributed by atoms with Crippen molar-refractivity contribution in [2.45, 2.75) is 6.92 Å². The van der Waals surface area contributed by atoms with Gasteiger partial charge in [0.1, 0.15) is 4.88 Å². The van der Waals surface area contributed by atoms with Crippen LogP contribution in [0.5, 0.6) is 11.6 Å². The van der Waals surface area contributed by atoms with Crippen LogP contribution in [-0.2, 0) is 0 Å². The van der Waals surface area contributed by atoms with Crippen molar-refractivity contribution in [1.82, 2.24) is 14.8 Å². The summed E-state index contributed by atoms with van der Waals surface area (Å²) in [7, 11) is 7.28. The number of rotatable bonds is 7. The Hall–Kier alpha value is -2.74. The third-order valence-corrected chi connectivity index (χ3v) is 3.98. The molecule has 0 aliphatic rings. The van der Waals surface area contributed by atoms with Gasteiger partial charge in [-0.3, -0.25) is 4.79 Å². The van der Waals surface area contributed by atoms with Crippen LogP contribution in [0, 0.1) is 12.7 Å². The highest BCUT2D eigenvalue weighted by Crippen LogP contribution is 2.32. The highest BCUT2D eigenvalue weighted by Gasteiger charge is 2.18. The number of aromatic nitrogens is 1. The standard InChI is InChI=1S/C18H21FN4O2S/c1-12-21-18(17(26-12)15(24)8-9-22(2)3)25-16-7-6-13(10-14(16)19)20-11-23(4)5/h6-11H,1-5H3/b9-8+,20-11+. The van der Waals surface area contributed by atoms with Crippen molar-refractivity contribution in [1.29, 1.82) is 0 Å². The van der Waals surface area contributed by atoms with E-state index in [1.807, 2.05) is 28.2 Å². The molecule has 0 aliphatic carbocycles. The second-order valence-electron chi connectivity index (χ2n) is 5.94. The van der Waals surface area contributed by atoms with Gasteiger partial charge in [0.05, 0.1) is 17.0 Å². The van der Waals surface area contributed by atoms with Crippen molar-refractivity contribution in [2.75, 3.05) is 28.2 Å². The van der Waals surface area contributed by atoms with Gasteiger partial charge in [0.15, 0.2) is 11.6 Å². The highest BCUT2D eigenvalue weighted by atomic mass is 32.1. The number of ketones is 1. The van der Waals surface area contributed by atoms with Crippen LogP contribution >= 0.6 is 11.3 Å². The quantitative estimate of drug-likeness (QED) is 0.318. The first-order valence-electron chi connectivity index (χ1n) is 7.80. The van der Waals surface area contributed by atoms with Crippen molar-refractivity contribution in [2.24, 2.45) is 4.99 Å². The summed E-state index contributed by atoms with van der Waals surface area (Å²) in [5.74, 6) is -0.729. The Morgan fingerprint density at radius 2 is 2.00 bits per heavy atom. The van der Waals surface area contributed by atoms with E-state index in [0.717, 1.165) is 0 Å². The number of hydrogen-bond acceptors (Lipinski definition) is 6. The van der Waals surface area contributed by atoms with Crippen LogP contribution in [0.4, 0.5) is 10.1 Å². The van der Waals surface area contributed by atoms with Gasteiger partial charge in [-0.05, 0) is 19.1 Å². The lowest BCUT2D eigenvalue weighted by atomic mass is 10.3. The molecule has 0 amide bonds. The zero-order valence-electron chi connectivity index (χ0n) is 15.4. The fourth-order valence-electron chi connectivity index (χ4n) is 1.86. The lowest BCUT2D eigenvalue weighted by Crippen LogP contribution is -2.06. The Kier molecular flexibility index (Phi) is 6.46. The minimum atomic E-state index is -0.578. The van der Waals surface area contributed by atoms with Crippen LogP contribution in [0.25, 0.3) is 0 Å². The summed E-state index contributed by atoms with van der Waals surface area (Å²) in [6, 6.07) is 4.36. The third kappa shape index (κ3) is 5.38. The topological polar surface area (TPSA) is 58.0 Å². The molecule has 1 aromatic carbocycles. The van der Waals surface area contributed by atoms with E-state index in [9.17, 15) is 9.18 Å². The zero-order chi connectivity index (χ0) is 19.3. The van der Waals surface area contributed by atoms with Crippen molar-refractivity contribution < 1.29 is 13.9 Å². The maximum absolute atomic E-state index is 14.3. The molecule has 138 valence electrons. The minimum Gasteiger partial charge on any atom is -0.434 e. The monoisotopic (exact) mass is 376 g/mol. The molecule has 0 N–H and O–H groups in total. The molecule has 0 unspecified atom stereocenters. The first kappa shape index (κ1) is 19.6. The first-order chi connectivity index (χ1) is 12.3. The van der Waals surface area contributed by atoms with Gasteiger partial charge in [0.2, 0.25) is 11.7 Å². The molecule has 0 atom stereocenters. The van der Waals surface area contributed by atoms with Gasteiger partial charge in [-0.15, -0.1) is 11.3 Å². The van der Waals surface area contributed by atoms with Crippen LogP contribution in [0.2, 0.25) is 0 Å². The Balaban J connectivity index is 2.25. The second-order valence-corrected chi connectivity index (χ2v) is 7.14. The molecule has 26 heavy (non-hydrogen) atoms. The molecule has 1 heterocycles. The smallest absolute Gasteiger partial charge is 0.241 e. The van der Waals surface area contributed by atoms with Crippen LogP contribution < -0.4 is 4.74 Å². The molecule has 0 aliphatic heterocycles. The number of ether oxygens (including phenoxy) is 1. The Bertz CT molecular complexity index is 844. The SMILES string of the molecule is Cc1nc(Oc2ccc(/N=C/N(C)C)cc2F)c(C(=O)/C=C/N(C)C)s1. The average molecular weight is 376 g/mol. The van der Waals surface area contributed by atoms with E-state index in [4.69, 9.17) is 4.74 Å². The van der Waals surface area contributed by atoms with Crippen LogP contribution in [0.3, 0.4) is 0 Å². The summed E-state index contributed by atoms with van der Waals surface area (Å²) in [6.07, 6.45) is 4.64. The first-order valence-corrected chi connectivity index (χ1v) is 8.62.